The van der Waals surface area contributed by atoms with Crippen molar-refractivity contribution in [2.45, 2.75) is 32.7 Å². The highest BCUT2D eigenvalue weighted by atomic mass is 35.5. The SMILES string of the molecule is CCCCN1C(=O)/C(=c2/sc3n(c2=O)[C@@H](c2ccc(Cl)cc2)C(C(=O)Nc2ccccc2)=C(C)N=3)c2ccccc21. The molecule has 3 heterocycles. The molecule has 0 radical (unpaired) electrons. The van der Waals surface area contributed by atoms with Crippen LogP contribution in [0.15, 0.2) is 99.9 Å². The second-order valence-electron chi connectivity index (χ2n) is 9.98. The van der Waals surface area contributed by atoms with E-state index in [1.807, 2.05) is 54.6 Å². The Hall–Kier alpha value is -4.27. The second-order valence-corrected chi connectivity index (χ2v) is 11.4. The second kappa shape index (κ2) is 11.0. The Balaban J connectivity index is 1.56. The molecule has 0 bridgehead atoms. The molecular weight excluding hydrogens is 556 g/mol. The Labute approximate surface area is 245 Å². The standard InChI is InChI=1S/C32H27ClN4O3S/c1-3-4-18-36-24-13-9-8-12-23(24)26(30(36)39)28-31(40)37-27(20-14-16-21(33)17-15-20)25(19(2)34-32(37)41-28)29(38)35-22-10-6-5-7-11-22/h5-17,27H,3-4,18H2,1-2H3,(H,35,38)/b28-26+/t27-/m0/s1. The highest BCUT2D eigenvalue weighted by Crippen LogP contribution is 2.36. The van der Waals surface area contributed by atoms with Gasteiger partial charge in [0.25, 0.3) is 17.4 Å². The summed E-state index contributed by atoms with van der Waals surface area (Å²) in [4.78, 5) is 48.7. The molecule has 0 aliphatic carbocycles. The zero-order valence-corrected chi connectivity index (χ0v) is 24.1. The highest BCUT2D eigenvalue weighted by Gasteiger charge is 2.36. The fraction of sp³-hybridized carbons (Fsp3) is 0.188. The third kappa shape index (κ3) is 4.73. The van der Waals surface area contributed by atoms with Crippen molar-refractivity contribution in [3.05, 3.63) is 126 Å². The summed E-state index contributed by atoms with van der Waals surface area (Å²) in [6, 6.07) is 23.1. The molecule has 1 N–H and O–H groups in total. The molecule has 206 valence electrons. The molecule has 6 rings (SSSR count). The molecule has 0 fully saturated rings. The Kier molecular flexibility index (Phi) is 7.19. The van der Waals surface area contributed by atoms with Crippen molar-refractivity contribution in [2.75, 3.05) is 16.8 Å². The van der Waals surface area contributed by atoms with Gasteiger partial charge in [0.2, 0.25) is 0 Å². The van der Waals surface area contributed by atoms with E-state index in [1.165, 1.54) is 15.9 Å². The van der Waals surface area contributed by atoms with Crippen molar-refractivity contribution in [1.82, 2.24) is 4.57 Å². The minimum atomic E-state index is -0.760. The summed E-state index contributed by atoms with van der Waals surface area (Å²) in [6.45, 7) is 4.42. The Morgan fingerprint density at radius 3 is 2.44 bits per heavy atom. The highest BCUT2D eigenvalue weighted by molar-refractivity contribution is 7.07. The van der Waals surface area contributed by atoms with Crippen LogP contribution < -0.4 is 25.1 Å². The van der Waals surface area contributed by atoms with Crippen LogP contribution in [0.25, 0.3) is 5.57 Å². The summed E-state index contributed by atoms with van der Waals surface area (Å²) in [5.41, 5.74) is 3.75. The number of carbonyl (C=O) groups excluding carboxylic acids is 2. The average molecular weight is 583 g/mol. The van der Waals surface area contributed by atoms with E-state index < -0.39 is 6.04 Å². The van der Waals surface area contributed by atoms with Crippen molar-refractivity contribution in [3.8, 4) is 0 Å². The van der Waals surface area contributed by atoms with Gasteiger partial charge in [-0.05, 0) is 49.2 Å². The number of unbranched alkanes of at least 4 members (excludes halogenated alkanes) is 1. The number of allylic oxidation sites excluding steroid dienone is 1. The fourth-order valence-electron chi connectivity index (χ4n) is 5.38. The Morgan fingerprint density at radius 1 is 1.00 bits per heavy atom. The summed E-state index contributed by atoms with van der Waals surface area (Å²) in [6.07, 6.45) is 1.79. The smallest absolute Gasteiger partial charge is 0.271 e. The van der Waals surface area contributed by atoms with Crippen LogP contribution in [0.4, 0.5) is 11.4 Å². The predicted molar refractivity (Wildman–Crippen MR) is 163 cm³/mol. The predicted octanol–water partition coefficient (Wildman–Crippen LogP) is 5.04. The number of halogens is 1. The molecular formula is C32H27ClN4O3S. The molecule has 1 aromatic heterocycles. The molecule has 4 aromatic rings. The summed E-state index contributed by atoms with van der Waals surface area (Å²) in [7, 11) is 0. The first-order chi connectivity index (χ1) is 19.9. The van der Waals surface area contributed by atoms with E-state index in [1.54, 1.807) is 36.1 Å². The molecule has 41 heavy (non-hydrogen) atoms. The van der Waals surface area contributed by atoms with Gasteiger partial charge in [0, 0.05) is 22.8 Å². The Bertz CT molecular complexity index is 1890. The van der Waals surface area contributed by atoms with Crippen LogP contribution >= 0.6 is 22.9 Å². The lowest BCUT2D eigenvalue weighted by molar-refractivity contribution is -0.114. The van der Waals surface area contributed by atoms with Crippen LogP contribution in [0.1, 0.15) is 43.9 Å². The number of para-hydroxylation sites is 2. The van der Waals surface area contributed by atoms with Gasteiger partial charge >= 0.3 is 0 Å². The van der Waals surface area contributed by atoms with E-state index in [0.717, 1.165) is 24.1 Å². The van der Waals surface area contributed by atoms with E-state index in [0.29, 0.717) is 49.0 Å². The van der Waals surface area contributed by atoms with Gasteiger partial charge in [0.1, 0.15) is 4.53 Å². The number of rotatable bonds is 6. The lowest BCUT2D eigenvalue weighted by Gasteiger charge is -2.25. The van der Waals surface area contributed by atoms with Crippen LogP contribution in [-0.2, 0) is 9.59 Å². The van der Waals surface area contributed by atoms with Gasteiger partial charge in [-0.15, -0.1) is 0 Å². The molecule has 7 nitrogen and oxygen atoms in total. The number of aromatic nitrogens is 1. The number of thiazole rings is 1. The summed E-state index contributed by atoms with van der Waals surface area (Å²) in [5, 5.41) is 3.49. The van der Waals surface area contributed by atoms with Gasteiger partial charge in [0.15, 0.2) is 4.80 Å². The Morgan fingerprint density at radius 2 is 1.71 bits per heavy atom. The first-order valence-electron chi connectivity index (χ1n) is 13.5. The average Bonchev–Trinajstić information content (AvgIpc) is 3.44. The molecule has 2 amide bonds. The molecule has 0 spiro atoms. The molecule has 2 aliphatic rings. The number of anilines is 2. The van der Waals surface area contributed by atoms with E-state index >= 15 is 0 Å². The van der Waals surface area contributed by atoms with E-state index in [-0.39, 0.29) is 17.4 Å². The number of benzene rings is 3. The van der Waals surface area contributed by atoms with Crippen LogP contribution in [0, 0.1) is 0 Å². The zero-order valence-electron chi connectivity index (χ0n) is 22.6. The van der Waals surface area contributed by atoms with E-state index in [4.69, 9.17) is 16.6 Å². The van der Waals surface area contributed by atoms with Gasteiger partial charge in [-0.1, -0.05) is 84.8 Å². The van der Waals surface area contributed by atoms with Crippen molar-refractivity contribution in [3.63, 3.8) is 0 Å². The van der Waals surface area contributed by atoms with E-state index in [9.17, 15) is 14.4 Å². The minimum absolute atomic E-state index is 0.189. The number of nitrogens with zero attached hydrogens (tertiary/aromatic N) is 3. The summed E-state index contributed by atoms with van der Waals surface area (Å²) in [5.74, 6) is -0.547. The van der Waals surface area contributed by atoms with Crippen molar-refractivity contribution >= 4 is 51.7 Å². The first kappa shape index (κ1) is 26.9. The fourth-order valence-corrected chi connectivity index (χ4v) is 6.64. The van der Waals surface area contributed by atoms with Gasteiger partial charge < -0.3 is 10.2 Å². The van der Waals surface area contributed by atoms with Crippen molar-refractivity contribution < 1.29 is 9.59 Å². The molecule has 3 aromatic carbocycles. The van der Waals surface area contributed by atoms with Crippen LogP contribution in [0.5, 0.6) is 0 Å². The molecule has 1 atom stereocenters. The van der Waals surface area contributed by atoms with Crippen LogP contribution in [0.3, 0.4) is 0 Å². The van der Waals surface area contributed by atoms with Gasteiger partial charge in [0.05, 0.1) is 28.6 Å². The van der Waals surface area contributed by atoms with Crippen molar-refractivity contribution in [1.29, 1.82) is 0 Å². The molecule has 0 saturated heterocycles. The number of carbonyl (C=O) groups is 2. The molecule has 0 unspecified atom stereocenters. The molecule has 2 aliphatic heterocycles. The van der Waals surface area contributed by atoms with Gasteiger partial charge in [-0.3, -0.25) is 19.0 Å². The monoisotopic (exact) mass is 582 g/mol. The van der Waals surface area contributed by atoms with E-state index in [2.05, 4.69) is 12.2 Å². The lowest BCUT2D eigenvalue weighted by Crippen LogP contribution is -2.41. The summed E-state index contributed by atoms with van der Waals surface area (Å²) < 4.78 is 1.85. The van der Waals surface area contributed by atoms with Crippen LogP contribution in [0.2, 0.25) is 5.02 Å². The third-order valence-corrected chi connectivity index (χ3v) is 8.65. The third-order valence-electron chi connectivity index (χ3n) is 7.34. The topological polar surface area (TPSA) is 83.8 Å². The zero-order chi connectivity index (χ0) is 28.7. The minimum Gasteiger partial charge on any atom is -0.322 e. The number of amides is 2. The number of nitrogens with one attached hydrogen (secondary N) is 1. The first-order valence-corrected chi connectivity index (χ1v) is 14.7. The normalized spacial score (nSPS) is 17.3. The molecule has 0 saturated carbocycles. The quantitative estimate of drug-likeness (QED) is 0.346. The van der Waals surface area contributed by atoms with Crippen LogP contribution in [-0.4, -0.2) is 22.9 Å². The number of hydrogen-bond donors (Lipinski definition) is 1. The maximum absolute atomic E-state index is 14.3. The summed E-state index contributed by atoms with van der Waals surface area (Å²) >= 11 is 7.38. The maximum Gasteiger partial charge on any atom is 0.271 e. The lowest BCUT2D eigenvalue weighted by atomic mass is 9.95. The van der Waals surface area contributed by atoms with Crippen molar-refractivity contribution in [2.24, 2.45) is 4.99 Å². The van der Waals surface area contributed by atoms with Gasteiger partial charge in [-0.2, -0.15) is 0 Å². The maximum atomic E-state index is 14.3. The number of fused-ring (bicyclic) bond motifs is 2. The number of hydrogen-bond acceptors (Lipinski definition) is 5. The molecule has 9 heteroatoms. The van der Waals surface area contributed by atoms with Gasteiger partial charge in [-0.25, -0.2) is 4.99 Å². The largest absolute Gasteiger partial charge is 0.322 e.